The number of anilines is 2. The lowest BCUT2D eigenvalue weighted by atomic mass is 9.88. The summed E-state index contributed by atoms with van der Waals surface area (Å²) >= 11 is 0. The van der Waals surface area contributed by atoms with Crippen molar-refractivity contribution < 1.29 is 38.1 Å². The first kappa shape index (κ1) is 26.5. The van der Waals surface area contributed by atoms with E-state index in [1.54, 1.807) is 12.1 Å². The number of rotatable bonds is 9. The normalized spacial score (nSPS) is 13.3. The average Bonchev–Trinajstić information content (AvgIpc) is 2.91. The van der Waals surface area contributed by atoms with Crippen LogP contribution in [0.2, 0.25) is 0 Å². The molecule has 1 aliphatic rings. The van der Waals surface area contributed by atoms with Crippen LogP contribution in [0.15, 0.2) is 36.4 Å². The van der Waals surface area contributed by atoms with Gasteiger partial charge in [-0.2, -0.15) is 0 Å². The summed E-state index contributed by atoms with van der Waals surface area (Å²) in [5, 5.41) is 5.35. The van der Waals surface area contributed by atoms with Crippen LogP contribution in [-0.2, 0) is 19.1 Å². The van der Waals surface area contributed by atoms with E-state index < -0.39 is 24.5 Å². The lowest BCUT2D eigenvalue weighted by Gasteiger charge is -2.22. The van der Waals surface area contributed by atoms with Crippen LogP contribution >= 0.6 is 0 Å². The Morgan fingerprint density at radius 3 is 2.14 bits per heavy atom. The molecule has 0 aliphatic heterocycles. The smallest absolute Gasteiger partial charge is 0.340 e. The van der Waals surface area contributed by atoms with Crippen molar-refractivity contribution in [3.8, 4) is 11.5 Å². The molecule has 10 nitrogen and oxygen atoms in total. The predicted octanol–water partition coefficient (Wildman–Crippen LogP) is 3.80. The van der Waals surface area contributed by atoms with Crippen LogP contribution in [0.3, 0.4) is 0 Å². The monoisotopic (exact) mass is 498 g/mol. The second-order valence-electron chi connectivity index (χ2n) is 8.24. The summed E-state index contributed by atoms with van der Waals surface area (Å²) in [6.45, 7) is -0.626. The Hall–Kier alpha value is -4.08. The van der Waals surface area contributed by atoms with Crippen LogP contribution in [0.5, 0.6) is 11.5 Å². The van der Waals surface area contributed by atoms with Crippen LogP contribution < -0.4 is 20.1 Å². The third-order valence-corrected chi connectivity index (χ3v) is 5.92. The largest absolute Gasteiger partial charge is 0.493 e. The van der Waals surface area contributed by atoms with Crippen molar-refractivity contribution in [1.82, 2.24) is 0 Å². The number of carbonyl (C=O) groups is 4. The van der Waals surface area contributed by atoms with Gasteiger partial charge in [0.1, 0.15) is 0 Å². The van der Waals surface area contributed by atoms with Gasteiger partial charge in [-0.3, -0.25) is 9.59 Å². The number of nitrogens with one attached hydrogen (secondary N) is 2. The average molecular weight is 499 g/mol. The minimum absolute atomic E-state index is 0.0135. The van der Waals surface area contributed by atoms with E-state index in [9.17, 15) is 19.2 Å². The lowest BCUT2D eigenvalue weighted by molar-refractivity contribution is -0.121. The summed E-state index contributed by atoms with van der Waals surface area (Å²) in [6, 6.07) is 9.17. The third kappa shape index (κ3) is 6.53. The molecule has 2 amide bonds. The van der Waals surface area contributed by atoms with Gasteiger partial charge in [0.25, 0.3) is 5.91 Å². The Morgan fingerprint density at radius 1 is 0.806 bits per heavy atom. The first-order valence-corrected chi connectivity index (χ1v) is 11.6. The molecule has 1 saturated carbocycles. The van der Waals surface area contributed by atoms with E-state index in [2.05, 4.69) is 10.6 Å². The van der Waals surface area contributed by atoms with Crippen LogP contribution in [0.4, 0.5) is 11.4 Å². The molecule has 0 atom stereocenters. The molecular weight excluding hydrogens is 468 g/mol. The standard InChI is InChI=1S/C26H30N2O8/c1-33-21-13-18(20(14-22(21)34-2)28-24(30)16-9-5-4-6-10-16)26(32)36-15-23(29)27-19-12-8-7-11-17(19)25(31)35-3/h7-8,11-14,16H,4-6,9-10,15H2,1-3H3,(H,27,29)(H,28,30). The molecule has 1 aliphatic carbocycles. The maximum Gasteiger partial charge on any atom is 0.340 e. The second kappa shape index (κ2) is 12.6. The Labute approximate surface area is 209 Å². The molecule has 0 aromatic heterocycles. The number of carbonyl (C=O) groups excluding carboxylic acids is 4. The van der Waals surface area contributed by atoms with Gasteiger partial charge >= 0.3 is 11.9 Å². The quantitative estimate of drug-likeness (QED) is 0.500. The fourth-order valence-corrected chi connectivity index (χ4v) is 4.03. The van der Waals surface area contributed by atoms with Crippen molar-refractivity contribution in [3.05, 3.63) is 47.5 Å². The molecule has 0 radical (unpaired) electrons. The Kier molecular flexibility index (Phi) is 9.26. The predicted molar refractivity (Wildman–Crippen MR) is 131 cm³/mol. The van der Waals surface area contributed by atoms with Gasteiger partial charge in [-0.05, 0) is 25.0 Å². The van der Waals surface area contributed by atoms with Crippen molar-refractivity contribution in [2.75, 3.05) is 38.6 Å². The van der Waals surface area contributed by atoms with Gasteiger partial charge in [0.2, 0.25) is 5.91 Å². The number of hydrogen-bond acceptors (Lipinski definition) is 8. The SMILES string of the molecule is COC(=O)c1ccccc1NC(=O)COC(=O)c1cc(OC)c(OC)cc1NC(=O)C1CCCCC1. The van der Waals surface area contributed by atoms with Crippen LogP contribution in [-0.4, -0.2) is 51.7 Å². The zero-order valence-corrected chi connectivity index (χ0v) is 20.6. The maximum absolute atomic E-state index is 12.9. The van der Waals surface area contributed by atoms with Crippen LogP contribution in [0, 0.1) is 5.92 Å². The van der Waals surface area contributed by atoms with E-state index in [1.165, 1.54) is 45.6 Å². The number of para-hydroxylation sites is 1. The number of ether oxygens (including phenoxy) is 4. The van der Waals surface area contributed by atoms with Gasteiger partial charge < -0.3 is 29.6 Å². The van der Waals surface area contributed by atoms with Gasteiger partial charge in [-0.15, -0.1) is 0 Å². The van der Waals surface area contributed by atoms with Crippen molar-refractivity contribution in [2.45, 2.75) is 32.1 Å². The summed E-state index contributed by atoms with van der Waals surface area (Å²) < 4.78 is 20.5. The van der Waals surface area contributed by atoms with E-state index in [0.29, 0.717) is 5.75 Å². The molecule has 0 heterocycles. The fraction of sp³-hybridized carbons (Fsp3) is 0.385. The minimum Gasteiger partial charge on any atom is -0.493 e. The van der Waals surface area contributed by atoms with Gasteiger partial charge in [0, 0.05) is 18.1 Å². The highest BCUT2D eigenvalue weighted by atomic mass is 16.5. The summed E-state index contributed by atoms with van der Waals surface area (Å²) in [4.78, 5) is 50.1. The molecule has 0 spiro atoms. The summed E-state index contributed by atoms with van der Waals surface area (Å²) in [7, 11) is 4.09. The van der Waals surface area contributed by atoms with Gasteiger partial charge in [-0.1, -0.05) is 31.4 Å². The molecule has 2 aromatic carbocycles. The lowest BCUT2D eigenvalue weighted by Crippen LogP contribution is -2.26. The summed E-state index contributed by atoms with van der Waals surface area (Å²) in [6.07, 6.45) is 4.63. The van der Waals surface area contributed by atoms with Crippen molar-refractivity contribution in [2.24, 2.45) is 5.92 Å². The highest BCUT2D eigenvalue weighted by Gasteiger charge is 2.25. The number of hydrogen-bond donors (Lipinski definition) is 2. The molecule has 2 aromatic rings. The highest BCUT2D eigenvalue weighted by molar-refractivity contribution is 6.05. The molecular formula is C26H30N2O8. The molecule has 3 rings (SSSR count). The highest BCUT2D eigenvalue weighted by Crippen LogP contribution is 2.35. The van der Waals surface area contributed by atoms with Gasteiger partial charge in [-0.25, -0.2) is 9.59 Å². The van der Waals surface area contributed by atoms with Crippen molar-refractivity contribution in [3.63, 3.8) is 0 Å². The molecule has 2 N–H and O–H groups in total. The third-order valence-electron chi connectivity index (χ3n) is 5.92. The molecule has 192 valence electrons. The van der Waals surface area contributed by atoms with Gasteiger partial charge in [0.05, 0.1) is 43.8 Å². The number of methoxy groups -OCH3 is 3. The Balaban J connectivity index is 1.75. The number of benzene rings is 2. The minimum atomic E-state index is -0.841. The van der Waals surface area contributed by atoms with Crippen molar-refractivity contribution >= 4 is 35.1 Å². The van der Waals surface area contributed by atoms with E-state index in [-0.39, 0.29) is 40.1 Å². The number of amides is 2. The topological polar surface area (TPSA) is 129 Å². The molecule has 36 heavy (non-hydrogen) atoms. The summed E-state index contributed by atoms with van der Waals surface area (Å²) in [5.74, 6) is -1.86. The van der Waals surface area contributed by atoms with E-state index in [4.69, 9.17) is 18.9 Å². The molecule has 1 fully saturated rings. The fourth-order valence-electron chi connectivity index (χ4n) is 4.03. The van der Waals surface area contributed by atoms with Crippen LogP contribution in [0.1, 0.15) is 52.8 Å². The first-order valence-electron chi connectivity index (χ1n) is 11.6. The number of esters is 2. The second-order valence-corrected chi connectivity index (χ2v) is 8.24. The molecule has 0 unspecified atom stereocenters. The zero-order chi connectivity index (χ0) is 26.1. The Bertz CT molecular complexity index is 1120. The van der Waals surface area contributed by atoms with Crippen molar-refractivity contribution in [1.29, 1.82) is 0 Å². The molecule has 0 bridgehead atoms. The summed E-state index contributed by atoms with van der Waals surface area (Å²) in [5.41, 5.74) is 0.591. The van der Waals surface area contributed by atoms with Crippen LogP contribution in [0.25, 0.3) is 0 Å². The molecule has 0 saturated heterocycles. The van der Waals surface area contributed by atoms with Gasteiger partial charge in [0.15, 0.2) is 18.1 Å². The first-order chi connectivity index (χ1) is 17.4. The zero-order valence-electron chi connectivity index (χ0n) is 20.6. The maximum atomic E-state index is 12.9. The Morgan fingerprint density at radius 2 is 1.47 bits per heavy atom. The van der Waals surface area contributed by atoms with E-state index in [0.717, 1.165) is 32.1 Å². The molecule has 10 heteroatoms. The van der Waals surface area contributed by atoms with E-state index in [1.807, 2.05) is 0 Å². The van der Waals surface area contributed by atoms with E-state index >= 15 is 0 Å².